The van der Waals surface area contributed by atoms with E-state index in [9.17, 15) is 4.79 Å². The molecule has 1 aromatic carbocycles. The number of fused-ring (bicyclic) bond motifs is 2. The Morgan fingerprint density at radius 1 is 1.17 bits per heavy atom. The maximum atomic E-state index is 12.6. The fraction of sp³-hybridized carbons (Fsp3) is 0.588. The molecule has 1 aliphatic carbocycles. The van der Waals surface area contributed by atoms with Gasteiger partial charge in [-0.05, 0) is 25.2 Å². The fourth-order valence-electron chi connectivity index (χ4n) is 3.90. The number of halogens is 2. The zero-order valence-corrected chi connectivity index (χ0v) is 14.9. The molecule has 1 aromatic rings. The maximum Gasteiger partial charge on any atom is 0.241 e. The summed E-state index contributed by atoms with van der Waals surface area (Å²) in [5.41, 5.74) is 0.581. The molecule has 7 heteroatoms. The van der Waals surface area contributed by atoms with Gasteiger partial charge < -0.3 is 20.1 Å². The smallest absolute Gasteiger partial charge is 0.241 e. The summed E-state index contributed by atoms with van der Waals surface area (Å²) in [7, 11) is 0. The molecule has 1 saturated heterocycles. The van der Waals surface area contributed by atoms with Crippen LogP contribution in [0, 0.1) is 5.92 Å². The van der Waals surface area contributed by atoms with Gasteiger partial charge in [-0.1, -0.05) is 24.4 Å². The highest BCUT2D eigenvalue weighted by molar-refractivity contribution is 6.34. The Balaban J connectivity index is 0.00000169. The van der Waals surface area contributed by atoms with E-state index in [4.69, 9.17) is 21.1 Å². The van der Waals surface area contributed by atoms with E-state index in [0.717, 1.165) is 6.42 Å². The van der Waals surface area contributed by atoms with E-state index >= 15 is 0 Å². The van der Waals surface area contributed by atoms with Crippen molar-refractivity contribution in [3.05, 3.63) is 17.2 Å². The highest BCUT2D eigenvalue weighted by Gasteiger charge is 2.38. The van der Waals surface area contributed by atoms with Crippen molar-refractivity contribution in [3.8, 4) is 11.5 Å². The lowest BCUT2D eigenvalue weighted by Crippen LogP contribution is -2.39. The molecule has 2 heterocycles. The van der Waals surface area contributed by atoms with Gasteiger partial charge in [-0.2, -0.15) is 0 Å². The number of rotatable bonds is 2. The molecular weight excluding hydrogens is 351 g/mol. The molecule has 0 bridgehead atoms. The van der Waals surface area contributed by atoms with Crippen LogP contribution >= 0.6 is 24.0 Å². The predicted molar refractivity (Wildman–Crippen MR) is 95.6 cm³/mol. The summed E-state index contributed by atoms with van der Waals surface area (Å²) in [5, 5.41) is 6.90. The molecule has 3 atom stereocenters. The van der Waals surface area contributed by atoms with Crippen molar-refractivity contribution >= 4 is 35.6 Å². The molecule has 2 aliphatic heterocycles. The highest BCUT2D eigenvalue weighted by atomic mass is 35.5. The van der Waals surface area contributed by atoms with Gasteiger partial charge in [-0.25, -0.2) is 0 Å². The third kappa shape index (κ3) is 3.44. The minimum atomic E-state index is -0.132. The number of ether oxygens (including phenoxy) is 2. The van der Waals surface area contributed by atoms with Crippen LogP contribution in [0.2, 0.25) is 5.02 Å². The van der Waals surface area contributed by atoms with Gasteiger partial charge >= 0.3 is 0 Å². The molecule has 1 amide bonds. The van der Waals surface area contributed by atoms with Crippen LogP contribution in [0.15, 0.2) is 12.1 Å². The largest absolute Gasteiger partial charge is 0.486 e. The number of anilines is 1. The average Bonchev–Trinajstić information content (AvgIpc) is 3.00. The molecule has 0 radical (unpaired) electrons. The van der Waals surface area contributed by atoms with Crippen LogP contribution in [0.3, 0.4) is 0 Å². The average molecular weight is 373 g/mol. The van der Waals surface area contributed by atoms with Crippen molar-refractivity contribution in [2.75, 3.05) is 18.5 Å². The summed E-state index contributed by atoms with van der Waals surface area (Å²) < 4.78 is 11.0. The first-order chi connectivity index (χ1) is 11.2. The van der Waals surface area contributed by atoms with Gasteiger partial charge in [-0.3, -0.25) is 4.79 Å². The number of hydrogen-bond acceptors (Lipinski definition) is 4. The second kappa shape index (κ2) is 7.38. The van der Waals surface area contributed by atoms with Crippen molar-refractivity contribution < 1.29 is 14.3 Å². The standard InChI is InChI=1S/C17H21ClN2O3.ClH/c18-11-8-15-16(23-6-5-22-15)9-13(11)20-17(21)14-7-10-3-1-2-4-12(10)19-14;/h8-10,12,14,19H,1-7H2,(H,20,21);1H. The molecule has 132 valence electrons. The highest BCUT2D eigenvalue weighted by Crippen LogP contribution is 2.38. The first-order valence-electron chi connectivity index (χ1n) is 8.37. The molecule has 24 heavy (non-hydrogen) atoms. The number of amides is 1. The molecule has 3 unspecified atom stereocenters. The number of benzene rings is 1. The summed E-state index contributed by atoms with van der Waals surface area (Å²) in [6.45, 7) is 1.03. The number of carbonyl (C=O) groups excluding carboxylic acids is 1. The Morgan fingerprint density at radius 3 is 2.62 bits per heavy atom. The summed E-state index contributed by atoms with van der Waals surface area (Å²) >= 11 is 6.26. The van der Waals surface area contributed by atoms with Gasteiger partial charge in [0.05, 0.1) is 16.8 Å². The summed E-state index contributed by atoms with van der Waals surface area (Å²) in [6.07, 6.45) is 5.87. The number of carbonyl (C=O) groups is 1. The monoisotopic (exact) mass is 372 g/mol. The summed E-state index contributed by atoms with van der Waals surface area (Å²) in [5.74, 6) is 1.88. The van der Waals surface area contributed by atoms with E-state index in [1.54, 1.807) is 12.1 Å². The molecule has 1 saturated carbocycles. The lowest BCUT2D eigenvalue weighted by Gasteiger charge is -2.24. The zero-order valence-electron chi connectivity index (χ0n) is 13.3. The Labute approximate surface area is 152 Å². The summed E-state index contributed by atoms with van der Waals surface area (Å²) in [4.78, 5) is 12.6. The Morgan fingerprint density at radius 2 is 1.88 bits per heavy atom. The first-order valence-corrected chi connectivity index (χ1v) is 8.74. The third-order valence-electron chi connectivity index (χ3n) is 5.07. The van der Waals surface area contributed by atoms with Gasteiger partial charge in [0.25, 0.3) is 0 Å². The van der Waals surface area contributed by atoms with Crippen LogP contribution in [0.5, 0.6) is 11.5 Å². The third-order valence-corrected chi connectivity index (χ3v) is 5.38. The minimum Gasteiger partial charge on any atom is -0.486 e. The second-order valence-corrected chi connectivity index (χ2v) is 6.98. The molecule has 3 aliphatic rings. The van der Waals surface area contributed by atoms with E-state index in [1.165, 1.54) is 25.7 Å². The topological polar surface area (TPSA) is 59.6 Å². The molecular formula is C17H22Cl2N2O3. The fourth-order valence-corrected chi connectivity index (χ4v) is 4.10. The van der Waals surface area contributed by atoms with Crippen LogP contribution in [0.4, 0.5) is 5.69 Å². The molecule has 0 spiro atoms. The maximum absolute atomic E-state index is 12.6. The lowest BCUT2D eigenvalue weighted by molar-refractivity contribution is -0.117. The van der Waals surface area contributed by atoms with Crippen LogP contribution in [0.25, 0.3) is 0 Å². The van der Waals surface area contributed by atoms with Gasteiger partial charge in [0.15, 0.2) is 11.5 Å². The van der Waals surface area contributed by atoms with Crippen molar-refractivity contribution in [1.82, 2.24) is 5.32 Å². The van der Waals surface area contributed by atoms with Gasteiger partial charge in [-0.15, -0.1) is 12.4 Å². The van der Waals surface area contributed by atoms with Crippen molar-refractivity contribution in [1.29, 1.82) is 0 Å². The molecule has 5 nitrogen and oxygen atoms in total. The number of nitrogens with one attached hydrogen (secondary N) is 2. The van der Waals surface area contributed by atoms with E-state index < -0.39 is 0 Å². The lowest BCUT2D eigenvalue weighted by atomic mass is 9.85. The van der Waals surface area contributed by atoms with E-state index in [0.29, 0.717) is 47.4 Å². The second-order valence-electron chi connectivity index (χ2n) is 6.57. The quantitative estimate of drug-likeness (QED) is 0.835. The SMILES string of the molecule is Cl.O=C(Nc1cc2c(cc1Cl)OCCO2)C1CC2CCCCC2N1. The molecule has 0 aromatic heterocycles. The Bertz CT molecular complexity index is 612. The van der Waals surface area contributed by atoms with Crippen molar-refractivity contribution in [2.45, 2.75) is 44.2 Å². The van der Waals surface area contributed by atoms with Crippen LogP contribution < -0.4 is 20.1 Å². The van der Waals surface area contributed by atoms with Gasteiger partial charge in [0, 0.05) is 18.2 Å². The normalized spacial score (nSPS) is 27.8. The van der Waals surface area contributed by atoms with Gasteiger partial charge in [0.1, 0.15) is 13.2 Å². The zero-order chi connectivity index (χ0) is 15.8. The first kappa shape index (κ1) is 17.6. The Kier molecular flexibility index (Phi) is 5.42. The molecule has 2 N–H and O–H groups in total. The van der Waals surface area contributed by atoms with Crippen LogP contribution in [-0.4, -0.2) is 31.2 Å². The molecule has 2 fully saturated rings. The van der Waals surface area contributed by atoms with Crippen molar-refractivity contribution in [3.63, 3.8) is 0 Å². The van der Waals surface area contributed by atoms with E-state index in [1.807, 2.05) is 0 Å². The number of hydrogen-bond donors (Lipinski definition) is 2. The predicted octanol–water partition coefficient (Wildman–Crippen LogP) is 3.39. The Hall–Kier alpha value is -1.17. The van der Waals surface area contributed by atoms with Crippen LogP contribution in [0.1, 0.15) is 32.1 Å². The van der Waals surface area contributed by atoms with E-state index in [2.05, 4.69) is 10.6 Å². The van der Waals surface area contributed by atoms with Gasteiger partial charge in [0.2, 0.25) is 5.91 Å². The molecule has 4 rings (SSSR count). The van der Waals surface area contributed by atoms with Crippen LogP contribution in [-0.2, 0) is 4.79 Å². The van der Waals surface area contributed by atoms with Crippen molar-refractivity contribution in [2.24, 2.45) is 5.92 Å². The minimum absolute atomic E-state index is 0. The van der Waals surface area contributed by atoms with E-state index in [-0.39, 0.29) is 24.4 Å². The summed E-state index contributed by atoms with van der Waals surface area (Å²) in [6, 6.07) is 3.81.